The molecule has 0 aliphatic heterocycles. The third-order valence-electron chi connectivity index (χ3n) is 4.39. The second-order valence-corrected chi connectivity index (χ2v) is 6.66. The lowest BCUT2D eigenvalue weighted by Crippen LogP contribution is -2.26. The minimum absolute atomic E-state index is 0.112. The Labute approximate surface area is 122 Å². The molecule has 1 N–H and O–H groups in total. The number of aromatic nitrogens is 1. The van der Waals surface area contributed by atoms with Gasteiger partial charge in [-0.05, 0) is 42.9 Å². The van der Waals surface area contributed by atoms with E-state index in [2.05, 4.69) is 51.9 Å². The topological polar surface area (TPSA) is 25.2 Å². The summed E-state index contributed by atoms with van der Waals surface area (Å²) in [5.41, 5.74) is 2.63. The summed E-state index contributed by atoms with van der Waals surface area (Å²) in [6, 6.07) is 6.45. The molecule has 0 amide bonds. The Morgan fingerprint density at radius 3 is 2.89 bits per heavy atom. The van der Waals surface area contributed by atoms with E-state index in [0.29, 0.717) is 5.92 Å². The van der Waals surface area contributed by atoms with E-state index >= 15 is 0 Å². The van der Waals surface area contributed by atoms with Gasteiger partial charge in [-0.3, -0.25) is 0 Å². The quantitative estimate of drug-likeness (QED) is 0.887. The van der Waals surface area contributed by atoms with Crippen molar-refractivity contribution in [2.45, 2.75) is 38.2 Å². The van der Waals surface area contributed by atoms with Gasteiger partial charge < -0.3 is 9.67 Å². The summed E-state index contributed by atoms with van der Waals surface area (Å²) in [7, 11) is 2.09. The Morgan fingerprint density at radius 2 is 2.11 bits per heavy atom. The minimum atomic E-state index is -0.112. The number of aliphatic hydroxyl groups excluding tert-OH is 1. The first-order valence-electron chi connectivity index (χ1n) is 7.06. The van der Waals surface area contributed by atoms with E-state index in [1.54, 1.807) is 0 Å². The fraction of sp³-hybridized carbons (Fsp3) is 0.500. The monoisotopic (exact) mass is 321 g/mol. The molecule has 0 radical (unpaired) electrons. The number of hydrogen-bond donors (Lipinski definition) is 1. The number of nitrogens with zero attached hydrogens (tertiary/aromatic N) is 1. The van der Waals surface area contributed by atoms with Crippen molar-refractivity contribution in [1.82, 2.24) is 4.57 Å². The molecule has 0 bridgehead atoms. The number of rotatable bonds is 2. The second kappa shape index (κ2) is 5.29. The molecule has 19 heavy (non-hydrogen) atoms. The van der Waals surface area contributed by atoms with E-state index in [9.17, 15) is 5.11 Å². The molecule has 2 atom stereocenters. The van der Waals surface area contributed by atoms with Crippen molar-refractivity contribution in [3.05, 3.63) is 34.4 Å². The van der Waals surface area contributed by atoms with Crippen LogP contribution in [0.4, 0.5) is 0 Å². The lowest BCUT2D eigenvalue weighted by molar-refractivity contribution is 0.0702. The molecular formula is C16H20BrNO. The van der Waals surface area contributed by atoms with Crippen LogP contribution in [-0.2, 0) is 13.5 Å². The number of aryl methyl sites for hydroxylation is 1. The van der Waals surface area contributed by atoms with Crippen LogP contribution in [0.3, 0.4) is 0 Å². The van der Waals surface area contributed by atoms with Gasteiger partial charge in [-0.1, -0.05) is 34.8 Å². The number of halogens is 1. The molecule has 1 aliphatic rings. The molecule has 3 rings (SSSR count). The van der Waals surface area contributed by atoms with E-state index in [4.69, 9.17) is 0 Å². The van der Waals surface area contributed by atoms with Crippen molar-refractivity contribution >= 4 is 26.8 Å². The Morgan fingerprint density at radius 1 is 1.32 bits per heavy atom. The highest BCUT2D eigenvalue weighted by molar-refractivity contribution is 9.10. The van der Waals surface area contributed by atoms with Crippen LogP contribution < -0.4 is 0 Å². The molecule has 2 unspecified atom stereocenters. The molecule has 102 valence electrons. The fourth-order valence-corrected chi connectivity index (χ4v) is 3.66. The lowest BCUT2D eigenvalue weighted by atomic mass is 9.82. The summed E-state index contributed by atoms with van der Waals surface area (Å²) >= 11 is 3.53. The third kappa shape index (κ3) is 2.59. The number of hydrogen-bond acceptors (Lipinski definition) is 1. The van der Waals surface area contributed by atoms with E-state index in [1.807, 2.05) is 0 Å². The Hall–Kier alpha value is -0.800. The van der Waals surface area contributed by atoms with Crippen LogP contribution in [0, 0.1) is 5.92 Å². The van der Waals surface area contributed by atoms with Crippen LogP contribution in [0.25, 0.3) is 10.9 Å². The molecule has 2 nitrogen and oxygen atoms in total. The molecular weight excluding hydrogens is 302 g/mol. The zero-order chi connectivity index (χ0) is 13.4. The molecule has 0 spiro atoms. The van der Waals surface area contributed by atoms with Gasteiger partial charge in [0.25, 0.3) is 0 Å². The zero-order valence-electron chi connectivity index (χ0n) is 11.3. The predicted molar refractivity (Wildman–Crippen MR) is 82.3 cm³/mol. The van der Waals surface area contributed by atoms with E-state index in [0.717, 1.165) is 23.7 Å². The van der Waals surface area contributed by atoms with Crippen molar-refractivity contribution in [2.75, 3.05) is 0 Å². The maximum atomic E-state index is 10.1. The van der Waals surface area contributed by atoms with Gasteiger partial charge in [0, 0.05) is 28.6 Å². The highest BCUT2D eigenvalue weighted by Crippen LogP contribution is 2.31. The average molecular weight is 322 g/mol. The summed E-state index contributed by atoms with van der Waals surface area (Å²) in [5.74, 6) is 0.433. The van der Waals surface area contributed by atoms with E-state index in [1.165, 1.54) is 29.3 Å². The largest absolute Gasteiger partial charge is 0.393 e. The van der Waals surface area contributed by atoms with Crippen molar-refractivity contribution in [1.29, 1.82) is 0 Å². The SMILES string of the molecule is Cn1cc(CC2CCCCC2O)c2ccc(Br)cc21. The maximum Gasteiger partial charge on any atom is 0.0571 e. The summed E-state index contributed by atoms with van der Waals surface area (Å²) in [6.07, 6.45) is 7.69. The maximum absolute atomic E-state index is 10.1. The standard InChI is InChI=1S/C16H20BrNO/c1-18-10-12(8-11-4-2-3-5-16(11)19)14-7-6-13(17)9-15(14)18/h6-7,9-11,16,19H,2-5,8H2,1H3. The van der Waals surface area contributed by atoms with Crippen LogP contribution >= 0.6 is 15.9 Å². The first kappa shape index (κ1) is 13.2. The highest BCUT2D eigenvalue weighted by atomic mass is 79.9. The first-order valence-corrected chi connectivity index (χ1v) is 7.86. The van der Waals surface area contributed by atoms with Gasteiger partial charge >= 0.3 is 0 Å². The van der Waals surface area contributed by atoms with Crippen molar-refractivity contribution in [3.8, 4) is 0 Å². The summed E-state index contributed by atoms with van der Waals surface area (Å²) in [5, 5.41) is 11.5. The van der Waals surface area contributed by atoms with Crippen LogP contribution in [0.15, 0.2) is 28.9 Å². The van der Waals surface area contributed by atoms with Crippen molar-refractivity contribution < 1.29 is 5.11 Å². The Bertz CT molecular complexity index is 590. The van der Waals surface area contributed by atoms with Crippen LogP contribution in [-0.4, -0.2) is 15.8 Å². The molecule has 2 aromatic rings. The van der Waals surface area contributed by atoms with Crippen LogP contribution in [0.5, 0.6) is 0 Å². The predicted octanol–water partition coefficient (Wildman–Crippen LogP) is 4.03. The molecule has 3 heteroatoms. The summed E-state index contributed by atoms with van der Waals surface area (Å²) < 4.78 is 3.30. The van der Waals surface area contributed by atoms with E-state index < -0.39 is 0 Å². The Kier molecular flexibility index (Phi) is 3.68. The molecule has 1 aromatic carbocycles. The lowest BCUT2D eigenvalue weighted by Gasteiger charge is -2.27. The van der Waals surface area contributed by atoms with E-state index in [-0.39, 0.29) is 6.10 Å². The van der Waals surface area contributed by atoms with Gasteiger partial charge in [0.1, 0.15) is 0 Å². The molecule has 1 heterocycles. The van der Waals surface area contributed by atoms with Crippen LogP contribution in [0.1, 0.15) is 31.2 Å². The van der Waals surface area contributed by atoms with Gasteiger partial charge in [-0.2, -0.15) is 0 Å². The normalized spacial score (nSPS) is 23.9. The van der Waals surface area contributed by atoms with Crippen molar-refractivity contribution in [2.24, 2.45) is 13.0 Å². The fourth-order valence-electron chi connectivity index (χ4n) is 3.31. The molecule has 0 saturated heterocycles. The summed E-state index contributed by atoms with van der Waals surface area (Å²) in [4.78, 5) is 0. The number of fused-ring (bicyclic) bond motifs is 1. The average Bonchev–Trinajstić information content (AvgIpc) is 2.69. The number of aliphatic hydroxyl groups is 1. The highest BCUT2D eigenvalue weighted by Gasteiger charge is 2.24. The molecule has 1 aromatic heterocycles. The molecule has 1 aliphatic carbocycles. The zero-order valence-corrected chi connectivity index (χ0v) is 12.9. The van der Waals surface area contributed by atoms with Gasteiger partial charge in [-0.15, -0.1) is 0 Å². The van der Waals surface area contributed by atoms with Crippen molar-refractivity contribution in [3.63, 3.8) is 0 Å². The first-order chi connectivity index (χ1) is 9.15. The van der Waals surface area contributed by atoms with Crippen LogP contribution in [0.2, 0.25) is 0 Å². The molecule has 1 saturated carbocycles. The number of benzene rings is 1. The van der Waals surface area contributed by atoms with Gasteiger partial charge in [0.2, 0.25) is 0 Å². The Balaban J connectivity index is 1.92. The minimum Gasteiger partial charge on any atom is -0.393 e. The second-order valence-electron chi connectivity index (χ2n) is 5.74. The third-order valence-corrected chi connectivity index (χ3v) is 4.88. The smallest absolute Gasteiger partial charge is 0.0571 e. The summed E-state index contributed by atoms with van der Waals surface area (Å²) in [6.45, 7) is 0. The van der Waals surface area contributed by atoms with Gasteiger partial charge in [0.15, 0.2) is 0 Å². The van der Waals surface area contributed by atoms with Gasteiger partial charge in [-0.25, -0.2) is 0 Å². The molecule has 1 fully saturated rings. The van der Waals surface area contributed by atoms with Gasteiger partial charge in [0.05, 0.1) is 6.10 Å².